The molecule has 6 nitrogen and oxygen atoms in total. The average Bonchev–Trinajstić information content (AvgIpc) is 3.09. The van der Waals surface area contributed by atoms with Crippen molar-refractivity contribution < 1.29 is 14.3 Å². The van der Waals surface area contributed by atoms with Gasteiger partial charge < -0.3 is 14.0 Å². The Morgan fingerprint density at radius 3 is 2.94 bits per heavy atom. The normalized spacial score (nSPS) is 25.4. The standard InChI is InChI=1S/C24H26BrN3O3/c1-27-13-17-8-21-24(30-3,19-5-4-6-20(27)22(17)19)9-15(12-28(21)2)14-31-23(29)16-7-18(25)11-26-10-16/h4-7,10-11,13,15,21H,8-9,12,14H2,1-3H3/t15-,21-,24?/m1/s1. The second-order valence-corrected chi connectivity index (χ2v) is 9.69. The number of pyridine rings is 1. The van der Waals surface area contributed by atoms with Crippen LogP contribution in [-0.2, 0) is 28.5 Å². The SMILES string of the molecule is COC12C[C@@H](COC(=O)c3cncc(Br)c3)CN(C)[C@@H]1Cc1cn(C)c3cccc2c13. The Hall–Kier alpha value is -2.22. The van der Waals surface area contributed by atoms with Gasteiger partial charge in [0.2, 0.25) is 0 Å². The minimum atomic E-state index is -0.421. The molecule has 1 fully saturated rings. The third-order valence-electron chi connectivity index (χ3n) is 6.93. The van der Waals surface area contributed by atoms with Crippen LogP contribution in [0.25, 0.3) is 10.9 Å². The van der Waals surface area contributed by atoms with Crippen LogP contribution in [0, 0.1) is 5.92 Å². The van der Waals surface area contributed by atoms with Gasteiger partial charge in [-0.3, -0.25) is 9.88 Å². The Morgan fingerprint density at radius 1 is 1.32 bits per heavy atom. The Balaban J connectivity index is 1.44. The van der Waals surface area contributed by atoms with Gasteiger partial charge in [0.1, 0.15) is 5.60 Å². The van der Waals surface area contributed by atoms with Gasteiger partial charge in [-0.05, 0) is 59.1 Å². The number of aryl methyl sites for hydroxylation is 1. The number of likely N-dealkylation sites (tertiary alicyclic amines) is 1. The van der Waals surface area contributed by atoms with Crippen LogP contribution in [0.5, 0.6) is 0 Å². The molecule has 162 valence electrons. The van der Waals surface area contributed by atoms with E-state index in [9.17, 15) is 4.79 Å². The van der Waals surface area contributed by atoms with Crippen LogP contribution >= 0.6 is 15.9 Å². The van der Waals surface area contributed by atoms with E-state index in [1.807, 2.05) is 7.11 Å². The molecule has 1 aromatic carbocycles. The molecule has 1 aliphatic carbocycles. The number of rotatable bonds is 4. The van der Waals surface area contributed by atoms with Crippen LogP contribution in [0.3, 0.4) is 0 Å². The molecule has 1 aliphatic heterocycles. The van der Waals surface area contributed by atoms with Gasteiger partial charge in [0, 0.05) is 66.6 Å². The highest BCUT2D eigenvalue weighted by atomic mass is 79.9. The third-order valence-corrected chi connectivity index (χ3v) is 7.36. The van der Waals surface area contributed by atoms with Gasteiger partial charge in [-0.2, -0.15) is 0 Å². The number of fused-ring (bicyclic) bond motifs is 2. The lowest BCUT2D eigenvalue weighted by molar-refractivity contribution is -0.131. The molecule has 5 rings (SSSR count). The van der Waals surface area contributed by atoms with E-state index in [2.05, 4.69) is 68.9 Å². The number of aromatic nitrogens is 2. The molecule has 7 heteroatoms. The first-order valence-corrected chi connectivity index (χ1v) is 11.3. The highest BCUT2D eigenvalue weighted by Gasteiger charge is 2.51. The van der Waals surface area contributed by atoms with E-state index < -0.39 is 5.60 Å². The zero-order valence-electron chi connectivity index (χ0n) is 18.0. The fraction of sp³-hybridized carbons (Fsp3) is 0.417. The molecule has 0 radical (unpaired) electrons. The van der Waals surface area contributed by atoms with Crippen molar-refractivity contribution in [3.8, 4) is 0 Å². The van der Waals surface area contributed by atoms with E-state index in [-0.39, 0.29) is 17.9 Å². The smallest absolute Gasteiger partial charge is 0.339 e. The van der Waals surface area contributed by atoms with Gasteiger partial charge in [0.25, 0.3) is 0 Å². The molecule has 2 aliphatic rings. The maximum Gasteiger partial charge on any atom is 0.339 e. The number of carbonyl (C=O) groups is 1. The summed E-state index contributed by atoms with van der Waals surface area (Å²) in [6.45, 7) is 1.21. The number of esters is 1. The van der Waals surface area contributed by atoms with E-state index in [1.54, 1.807) is 12.3 Å². The second kappa shape index (κ2) is 7.73. The highest BCUT2D eigenvalue weighted by Crippen LogP contribution is 2.49. The minimum Gasteiger partial charge on any atom is -0.462 e. The number of ether oxygens (including phenoxy) is 2. The lowest BCUT2D eigenvalue weighted by Gasteiger charge is -2.53. The number of piperidine rings is 1. The maximum absolute atomic E-state index is 12.5. The van der Waals surface area contributed by atoms with Gasteiger partial charge in [-0.25, -0.2) is 4.79 Å². The summed E-state index contributed by atoms with van der Waals surface area (Å²) in [5.74, 6) is -0.174. The van der Waals surface area contributed by atoms with Crippen molar-refractivity contribution in [2.24, 2.45) is 13.0 Å². The highest BCUT2D eigenvalue weighted by molar-refractivity contribution is 9.10. The summed E-state index contributed by atoms with van der Waals surface area (Å²) in [6, 6.07) is 8.47. The van der Waals surface area contributed by atoms with E-state index in [1.165, 1.54) is 28.2 Å². The van der Waals surface area contributed by atoms with Gasteiger partial charge in [0.05, 0.1) is 12.2 Å². The van der Waals surface area contributed by atoms with Crippen molar-refractivity contribution >= 4 is 32.8 Å². The average molecular weight is 484 g/mol. The van der Waals surface area contributed by atoms with Gasteiger partial charge in [0.15, 0.2) is 0 Å². The number of methoxy groups -OCH3 is 1. The van der Waals surface area contributed by atoms with Crippen molar-refractivity contribution in [2.45, 2.75) is 24.5 Å². The number of likely N-dealkylation sites (N-methyl/N-ethyl adjacent to an activating group) is 1. The Bertz CT molecular complexity index is 1160. The van der Waals surface area contributed by atoms with E-state index in [0.717, 1.165) is 23.9 Å². The second-order valence-electron chi connectivity index (χ2n) is 8.78. The summed E-state index contributed by atoms with van der Waals surface area (Å²) in [5.41, 5.74) is 3.90. The summed E-state index contributed by atoms with van der Waals surface area (Å²) in [5, 5.41) is 1.31. The summed E-state index contributed by atoms with van der Waals surface area (Å²) < 4.78 is 15.0. The molecule has 1 saturated heterocycles. The zero-order valence-corrected chi connectivity index (χ0v) is 19.6. The maximum atomic E-state index is 12.5. The number of halogens is 1. The molecule has 2 aromatic heterocycles. The van der Waals surface area contributed by atoms with Crippen molar-refractivity contribution in [2.75, 3.05) is 27.3 Å². The van der Waals surface area contributed by atoms with E-state index >= 15 is 0 Å². The molecule has 3 aromatic rings. The molecule has 0 spiro atoms. The molecule has 3 atom stereocenters. The Labute approximate surface area is 190 Å². The summed E-state index contributed by atoms with van der Waals surface area (Å²) >= 11 is 3.35. The van der Waals surface area contributed by atoms with Crippen molar-refractivity contribution in [1.29, 1.82) is 0 Å². The summed E-state index contributed by atoms with van der Waals surface area (Å²) in [7, 11) is 6.07. The fourth-order valence-corrected chi connectivity index (χ4v) is 5.99. The Kier molecular flexibility index (Phi) is 5.15. The number of nitrogens with zero attached hydrogens (tertiary/aromatic N) is 3. The molecule has 31 heavy (non-hydrogen) atoms. The number of benzene rings is 1. The lowest BCUT2D eigenvalue weighted by atomic mass is 9.69. The quantitative estimate of drug-likeness (QED) is 0.526. The molecular formula is C24H26BrN3O3. The number of hydrogen-bond acceptors (Lipinski definition) is 5. The molecule has 1 unspecified atom stereocenters. The zero-order chi connectivity index (χ0) is 21.8. The van der Waals surface area contributed by atoms with Crippen molar-refractivity contribution in [3.05, 3.63) is 64.0 Å². The predicted octanol–water partition coefficient (Wildman–Crippen LogP) is 3.91. The number of hydrogen-bond donors (Lipinski definition) is 0. The van der Waals surface area contributed by atoms with Crippen LogP contribution in [0.1, 0.15) is 27.9 Å². The molecule has 0 bridgehead atoms. The Morgan fingerprint density at radius 2 is 2.16 bits per heavy atom. The molecule has 0 saturated carbocycles. The van der Waals surface area contributed by atoms with Crippen LogP contribution in [0.4, 0.5) is 0 Å². The van der Waals surface area contributed by atoms with Crippen molar-refractivity contribution in [3.63, 3.8) is 0 Å². The molecular weight excluding hydrogens is 458 g/mol. The first kappa shape index (κ1) is 20.7. The van der Waals surface area contributed by atoms with Crippen LogP contribution in [-0.4, -0.2) is 53.8 Å². The monoisotopic (exact) mass is 483 g/mol. The summed E-state index contributed by atoms with van der Waals surface area (Å²) in [4.78, 5) is 19.0. The van der Waals surface area contributed by atoms with Crippen molar-refractivity contribution in [1.82, 2.24) is 14.5 Å². The van der Waals surface area contributed by atoms with Crippen LogP contribution in [0.2, 0.25) is 0 Å². The predicted molar refractivity (Wildman–Crippen MR) is 122 cm³/mol. The first-order valence-electron chi connectivity index (χ1n) is 10.5. The minimum absolute atomic E-state index is 0.172. The van der Waals surface area contributed by atoms with Crippen LogP contribution < -0.4 is 0 Å². The molecule has 0 amide bonds. The molecule has 3 heterocycles. The third kappa shape index (κ3) is 3.30. The lowest BCUT2D eigenvalue weighted by Crippen LogP contribution is -2.59. The van der Waals surface area contributed by atoms with Gasteiger partial charge >= 0.3 is 5.97 Å². The van der Waals surface area contributed by atoms with E-state index in [4.69, 9.17) is 9.47 Å². The van der Waals surface area contributed by atoms with E-state index in [0.29, 0.717) is 12.2 Å². The van der Waals surface area contributed by atoms with Gasteiger partial charge in [-0.15, -0.1) is 0 Å². The fourth-order valence-electron chi connectivity index (χ4n) is 5.63. The largest absolute Gasteiger partial charge is 0.462 e. The van der Waals surface area contributed by atoms with Crippen LogP contribution in [0.15, 0.2) is 47.3 Å². The first-order chi connectivity index (χ1) is 14.9. The molecule has 0 N–H and O–H groups in total. The van der Waals surface area contributed by atoms with Gasteiger partial charge in [-0.1, -0.05) is 12.1 Å². The summed E-state index contributed by atoms with van der Waals surface area (Å²) in [6.07, 6.45) is 7.20. The number of carbonyl (C=O) groups excluding carboxylic acids is 1. The topological polar surface area (TPSA) is 56.6 Å².